The predicted octanol–water partition coefficient (Wildman–Crippen LogP) is 4.06. The maximum Gasteiger partial charge on any atom is 0.331 e. The van der Waals surface area contributed by atoms with Crippen LogP contribution in [0.5, 0.6) is 0 Å². The van der Waals surface area contributed by atoms with E-state index in [2.05, 4.69) is 4.98 Å². The Hall–Kier alpha value is -3.27. The van der Waals surface area contributed by atoms with Gasteiger partial charge in [0, 0.05) is 28.8 Å². The fourth-order valence-electron chi connectivity index (χ4n) is 2.52. The molecule has 0 saturated carbocycles. The van der Waals surface area contributed by atoms with Crippen LogP contribution in [-0.2, 0) is 9.53 Å². The van der Waals surface area contributed by atoms with Crippen LogP contribution >= 0.6 is 0 Å². The molecule has 1 atom stereocenters. The van der Waals surface area contributed by atoms with Gasteiger partial charge in [-0.1, -0.05) is 54.6 Å². The minimum Gasteiger partial charge on any atom is -0.451 e. The molecule has 0 amide bonds. The van der Waals surface area contributed by atoms with Crippen molar-refractivity contribution in [1.82, 2.24) is 4.98 Å². The summed E-state index contributed by atoms with van der Waals surface area (Å²) in [5.74, 6) is -0.793. The molecule has 25 heavy (non-hydrogen) atoms. The van der Waals surface area contributed by atoms with E-state index >= 15 is 0 Å². The van der Waals surface area contributed by atoms with Gasteiger partial charge in [0.1, 0.15) is 0 Å². The van der Waals surface area contributed by atoms with Crippen LogP contribution in [0.25, 0.3) is 17.0 Å². The molecule has 0 radical (unpaired) electrons. The second-order valence-corrected chi connectivity index (χ2v) is 5.57. The highest BCUT2D eigenvalue weighted by Crippen LogP contribution is 2.17. The molecular weight excluding hydrogens is 314 g/mol. The van der Waals surface area contributed by atoms with Crippen LogP contribution in [0.3, 0.4) is 0 Å². The number of esters is 1. The van der Waals surface area contributed by atoms with Gasteiger partial charge in [-0.05, 0) is 19.1 Å². The van der Waals surface area contributed by atoms with Gasteiger partial charge < -0.3 is 4.74 Å². The summed E-state index contributed by atoms with van der Waals surface area (Å²) in [7, 11) is 0. The second kappa shape index (κ2) is 7.53. The Balaban J connectivity index is 1.69. The highest BCUT2D eigenvalue weighted by Gasteiger charge is 2.18. The minimum atomic E-state index is -0.842. The molecule has 3 rings (SSSR count). The number of pyridine rings is 1. The third kappa shape index (κ3) is 3.98. The van der Waals surface area contributed by atoms with Gasteiger partial charge in [-0.2, -0.15) is 0 Å². The summed E-state index contributed by atoms with van der Waals surface area (Å²) in [5, 5.41) is 0.991. The molecule has 1 heterocycles. The highest BCUT2D eigenvalue weighted by molar-refractivity contribution is 6.01. The lowest BCUT2D eigenvalue weighted by Crippen LogP contribution is -2.23. The van der Waals surface area contributed by atoms with E-state index < -0.39 is 12.1 Å². The van der Waals surface area contributed by atoms with Crippen LogP contribution in [0.4, 0.5) is 0 Å². The lowest BCUT2D eigenvalue weighted by atomic mass is 10.1. The largest absolute Gasteiger partial charge is 0.451 e. The van der Waals surface area contributed by atoms with Crippen LogP contribution in [0.15, 0.2) is 72.9 Å². The molecule has 0 spiro atoms. The number of fused-ring (bicyclic) bond motifs is 1. The molecule has 1 aromatic heterocycles. The maximum atomic E-state index is 12.2. The van der Waals surface area contributed by atoms with Gasteiger partial charge in [0.2, 0.25) is 5.78 Å². The second-order valence-electron chi connectivity index (χ2n) is 5.57. The molecule has 0 saturated heterocycles. The molecule has 0 N–H and O–H groups in total. The molecule has 4 nitrogen and oxygen atoms in total. The van der Waals surface area contributed by atoms with Crippen molar-refractivity contribution in [2.75, 3.05) is 0 Å². The number of ketones is 1. The first-order valence-electron chi connectivity index (χ1n) is 7.97. The average Bonchev–Trinajstić information content (AvgIpc) is 2.66. The first kappa shape index (κ1) is 16.6. The summed E-state index contributed by atoms with van der Waals surface area (Å²) in [6.07, 6.45) is 3.83. The summed E-state index contributed by atoms with van der Waals surface area (Å²) in [6, 6.07) is 18.3. The van der Waals surface area contributed by atoms with Crippen molar-refractivity contribution < 1.29 is 14.3 Å². The highest BCUT2D eigenvalue weighted by atomic mass is 16.5. The predicted molar refractivity (Wildman–Crippen MR) is 97.1 cm³/mol. The Morgan fingerprint density at radius 1 is 1.00 bits per heavy atom. The van der Waals surface area contributed by atoms with Gasteiger partial charge in [0.25, 0.3) is 0 Å². The zero-order chi connectivity index (χ0) is 17.6. The van der Waals surface area contributed by atoms with Crippen LogP contribution in [0.1, 0.15) is 22.8 Å². The van der Waals surface area contributed by atoms with Gasteiger partial charge in [0.15, 0.2) is 6.10 Å². The van der Waals surface area contributed by atoms with Crippen molar-refractivity contribution >= 4 is 28.7 Å². The van der Waals surface area contributed by atoms with E-state index in [1.165, 1.54) is 6.08 Å². The number of nitrogens with zero attached hydrogens (tertiary/aromatic N) is 1. The third-order valence-electron chi connectivity index (χ3n) is 3.78. The molecule has 0 bridgehead atoms. The first-order valence-corrected chi connectivity index (χ1v) is 7.97. The Labute approximate surface area is 145 Å². The van der Waals surface area contributed by atoms with Crippen molar-refractivity contribution in [1.29, 1.82) is 0 Å². The molecule has 0 fully saturated rings. The summed E-state index contributed by atoms with van der Waals surface area (Å²) in [4.78, 5) is 28.6. The normalized spacial score (nSPS) is 12.2. The SMILES string of the molecule is CC(OC(=O)/C=C/c1cccc2cccnc12)C(=O)c1ccccc1. The zero-order valence-corrected chi connectivity index (χ0v) is 13.8. The van der Waals surface area contributed by atoms with Crippen molar-refractivity contribution in [2.24, 2.45) is 0 Å². The van der Waals surface area contributed by atoms with E-state index in [0.717, 1.165) is 16.5 Å². The van der Waals surface area contributed by atoms with E-state index in [-0.39, 0.29) is 5.78 Å². The van der Waals surface area contributed by atoms with Crippen LogP contribution in [0.2, 0.25) is 0 Å². The van der Waals surface area contributed by atoms with E-state index in [1.807, 2.05) is 36.4 Å². The molecule has 0 aliphatic heterocycles. The molecular formula is C21H17NO3. The number of para-hydroxylation sites is 1. The summed E-state index contributed by atoms with van der Waals surface area (Å²) >= 11 is 0. The summed E-state index contributed by atoms with van der Waals surface area (Å²) < 4.78 is 5.20. The Bertz CT molecular complexity index is 927. The molecule has 2 aromatic carbocycles. The third-order valence-corrected chi connectivity index (χ3v) is 3.78. The standard InChI is InChI=1S/C21H17NO3/c1-15(21(24)18-7-3-2-4-8-18)25-19(23)13-12-17-10-5-9-16-11-6-14-22-20(16)17/h2-15H,1H3/b13-12+. The molecule has 1 unspecified atom stereocenters. The van der Waals surface area contributed by atoms with E-state index in [0.29, 0.717) is 5.56 Å². The fraction of sp³-hybridized carbons (Fsp3) is 0.0952. The number of carbonyl (C=O) groups is 2. The molecule has 0 aliphatic rings. The number of ether oxygens (including phenoxy) is 1. The van der Waals surface area contributed by atoms with Crippen molar-refractivity contribution in [3.05, 3.63) is 84.1 Å². The molecule has 0 aliphatic carbocycles. The van der Waals surface area contributed by atoms with Crippen molar-refractivity contribution in [3.8, 4) is 0 Å². The number of carbonyl (C=O) groups excluding carboxylic acids is 2. The number of hydrogen-bond donors (Lipinski definition) is 0. The number of rotatable bonds is 5. The summed E-state index contributed by atoms with van der Waals surface area (Å²) in [6.45, 7) is 1.57. The number of aromatic nitrogens is 1. The fourth-order valence-corrected chi connectivity index (χ4v) is 2.52. The molecule has 4 heteroatoms. The van der Waals surface area contributed by atoms with Gasteiger partial charge >= 0.3 is 5.97 Å². The van der Waals surface area contributed by atoms with E-state index in [4.69, 9.17) is 4.74 Å². The topological polar surface area (TPSA) is 56.3 Å². The zero-order valence-electron chi connectivity index (χ0n) is 13.8. The van der Waals surface area contributed by atoms with Gasteiger partial charge in [-0.25, -0.2) is 4.79 Å². The Kier molecular flexibility index (Phi) is 5.00. The van der Waals surface area contributed by atoms with Gasteiger partial charge in [-0.3, -0.25) is 9.78 Å². The maximum absolute atomic E-state index is 12.2. The quantitative estimate of drug-likeness (QED) is 0.402. The smallest absolute Gasteiger partial charge is 0.331 e. The Morgan fingerprint density at radius 2 is 1.76 bits per heavy atom. The van der Waals surface area contributed by atoms with E-state index in [9.17, 15) is 9.59 Å². The van der Waals surface area contributed by atoms with Crippen molar-refractivity contribution in [2.45, 2.75) is 13.0 Å². The van der Waals surface area contributed by atoms with Crippen LogP contribution in [-0.4, -0.2) is 22.8 Å². The minimum absolute atomic E-state index is 0.228. The monoisotopic (exact) mass is 331 g/mol. The van der Waals surface area contributed by atoms with Gasteiger partial charge in [-0.15, -0.1) is 0 Å². The van der Waals surface area contributed by atoms with Crippen LogP contribution < -0.4 is 0 Å². The molecule has 124 valence electrons. The number of benzene rings is 2. The number of Topliss-reactive ketones (excluding diaryl/α,β-unsaturated/α-hetero) is 1. The molecule has 3 aromatic rings. The lowest BCUT2D eigenvalue weighted by molar-refractivity contribution is -0.140. The average molecular weight is 331 g/mol. The van der Waals surface area contributed by atoms with Gasteiger partial charge in [0.05, 0.1) is 5.52 Å². The van der Waals surface area contributed by atoms with Crippen LogP contribution in [0, 0.1) is 0 Å². The summed E-state index contributed by atoms with van der Waals surface area (Å²) in [5.41, 5.74) is 2.14. The Morgan fingerprint density at radius 3 is 2.56 bits per heavy atom. The van der Waals surface area contributed by atoms with Crippen molar-refractivity contribution in [3.63, 3.8) is 0 Å². The lowest BCUT2D eigenvalue weighted by Gasteiger charge is -2.10. The number of hydrogen-bond acceptors (Lipinski definition) is 4. The van der Waals surface area contributed by atoms with E-state index in [1.54, 1.807) is 43.5 Å². The first-order chi connectivity index (χ1) is 12.1.